The highest BCUT2D eigenvalue weighted by Gasteiger charge is 2.12. The largest absolute Gasteiger partial charge is 0.480 e. The van der Waals surface area contributed by atoms with Gasteiger partial charge in [0.25, 0.3) is 5.91 Å². The first-order valence-corrected chi connectivity index (χ1v) is 6.23. The number of aromatic nitrogens is 1. The van der Waals surface area contributed by atoms with Crippen molar-refractivity contribution in [3.63, 3.8) is 0 Å². The van der Waals surface area contributed by atoms with Gasteiger partial charge in [0, 0.05) is 12.7 Å². The molecular weight excluding hydrogens is 259 g/mol. The Kier molecular flexibility index (Phi) is 4.65. The molecule has 0 aliphatic heterocycles. The number of carbonyl (C=O) groups excluding carboxylic acids is 1. The van der Waals surface area contributed by atoms with Gasteiger partial charge in [0.15, 0.2) is 0 Å². The van der Waals surface area contributed by atoms with Crippen LogP contribution in [-0.4, -0.2) is 24.5 Å². The van der Waals surface area contributed by atoms with E-state index in [2.05, 4.69) is 10.3 Å². The molecule has 0 saturated heterocycles. The maximum Gasteiger partial charge on any atom is 0.256 e. The van der Waals surface area contributed by atoms with Crippen LogP contribution in [0.15, 0.2) is 42.6 Å². The van der Waals surface area contributed by atoms with E-state index >= 15 is 0 Å². The lowest BCUT2D eigenvalue weighted by Gasteiger charge is -2.08. The average molecular weight is 274 g/mol. The summed E-state index contributed by atoms with van der Waals surface area (Å²) in [5.74, 6) is -0.275. The standard InChI is InChI=1S/C15H15FN2O2/c1-20-15-12(6-4-9-18-15)14(19)17-10-8-11-5-2-3-7-13(11)16/h2-7,9H,8,10H2,1H3,(H,17,19). The molecule has 0 spiro atoms. The second kappa shape index (κ2) is 6.65. The summed E-state index contributed by atoms with van der Waals surface area (Å²) in [7, 11) is 1.46. The Bertz CT molecular complexity index is 602. The lowest BCUT2D eigenvalue weighted by Crippen LogP contribution is -2.26. The van der Waals surface area contributed by atoms with Gasteiger partial charge in [-0.3, -0.25) is 4.79 Å². The second-order valence-electron chi connectivity index (χ2n) is 4.16. The summed E-state index contributed by atoms with van der Waals surface area (Å²) in [6, 6.07) is 9.80. The Balaban J connectivity index is 1.94. The van der Waals surface area contributed by atoms with E-state index in [9.17, 15) is 9.18 Å². The van der Waals surface area contributed by atoms with Gasteiger partial charge in [0.1, 0.15) is 11.4 Å². The van der Waals surface area contributed by atoms with Gasteiger partial charge in [0.2, 0.25) is 5.88 Å². The minimum Gasteiger partial charge on any atom is -0.480 e. The quantitative estimate of drug-likeness (QED) is 0.909. The topological polar surface area (TPSA) is 51.2 Å². The highest BCUT2D eigenvalue weighted by molar-refractivity contribution is 5.96. The first-order chi connectivity index (χ1) is 9.72. The number of methoxy groups -OCH3 is 1. The zero-order chi connectivity index (χ0) is 14.4. The van der Waals surface area contributed by atoms with E-state index in [1.165, 1.54) is 13.2 Å². The van der Waals surface area contributed by atoms with E-state index in [1.807, 2.05) is 0 Å². The van der Waals surface area contributed by atoms with Crippen molar-refractivity contribution in [3.05, 3.63) is 59.5 Å². The summed E-state index contributed by atoms with van der Waals surface area (Å²) in [4.78, 5) is 15.9. The molecule has 2 rings (SSSR count). The molecule has 1 aromatic carbocycles. The number of nitrogens with zero attached hydrogens (tertiary/aromatic N) is 1. The molecule has 0 saturated carbocycles. The van der Waals surface area contributed by atoms with E-state index in [-0.39, 0.29) is 17.6 Å². The van der Waals surface area contributed by atoms with Crippen molar-refractivity contribution in [1.29, 1.82) is 0 Å². The van der Waals surface area contributed by atoms with Crippen molar-refractivity contribution in [2.75, 3.05) is 13.7 Å². The van der Waals surface area contributed by atoms with Crippen LogP contribution in [0, 0.1) is 5.82 Å². The van der Waals surface area contributed by atoms with E-state index < -0.39 is 0 Å². The molecule has 1 heterocycles. The number of amides is 1. The molecular formula is C15H15FN2O2. The molecule has 4 nitrogen and oxygen atoms in total. The molecule has 1 amide bonds. The van der Waals surface area contributed by atoms with E-state index in [0.717, 1.165) is 0 Å². The van der Waals surface area contributed by atoms with Gasteiger partial charge in [-0.25, -0.2) is 9.37 Å². The highest BCUT2D eigenvalue weighted by Crippen LogP contribution is 2.13. The summed E-state index contributed by atoms with van der Waals surface area (Å²) in [6.07, 6.45) is 1.98. The number of nitrogens with one attached hydrogen (secondary N) is 1. The first-order valence-electron chi connectivity index (χ1n) is 6.23. The Morgan fingerprint density at radius 1 is 1.30 bits per heavy atom. The van der Waals surface area contributed by atoms with Crippen molar-refractivity contribution in [2.45, 2.75) is 6.42 Å². The fraction of sp³-hybridized carbons (Fsp3) is 0.200. The number of carbonyl (C=O) groups is 1. The summed E-state index contributed by atoms with van der Waals surface area (Å²) >= 11 is 0. The fourth-order valence-electron chi connectivity index (χ4n) is 1.83. The Hall–Kier alpha value is -2.43. The molecule has 5 heteroatoms. The lowest BCUT2D eigenvalue weighted by atomic mass is 10.1. The lowest BCUT2D eigenvalue weighted by molar-refractivity contribution is 0.0950. The number of benzene rings is 1. The van der Waals surface area contributed by atoms with Crippen LogP contribution in [0.5, 0.6) is 5.88 Å². The molecule has 0 fully saturated rings. The van der Waals surface area contributed by atoms with Crippen LogP contribution in [-0.2, 0) is 6.42 Å². The van der Waals surface area contributed by atoms with Crippen LogP contribution in [0.1, 0.15) is 15.9 Å². The van der Waals surface area contributed by atoms with E-state index in [0.29, 0.717) is 24.1 Å². The molecule has 1 aromatic heterocycles. The molecule has 0 aliphatic rings. The average Bonchev–Trinajstić information content (AvgIpc) is 2.49. The fourth-order valence-corrected chi connectivity index (χ4v) is 1.83. The van der Waals surface area contributed by atoms with Gasteiger partial charge in [-0.05, 0) is 30.2 Å². The third-order valence-corrected chi connectivity index (χ3v) is 2.85. The molecule has 0 radical (unpaired) electrons. The van der Waals surface area contributed by atoms with Crippen LogP contribution in [0.3, 0.4) is 0 Å². The van der Waals surface area contributed by atoms with Crippen molar-refractivity contribution in [1.82, 2.24) is 10.3 Å². The summed E-state index contributed by atoms with van der Waals surface area (Å²) in [5.41, 5.74) is 0.939. The van der Waals surface area contributed by atoms with Crippen LogP contribution in [0.4, 0.5) is 4.39 Å². The predicted octanol–water partition coefficient (Wildman–Crippen LogP) is 2.20. The zero-order valence-corrected chi connectivity index (χ0v) is 11.1. The van der Waals surface area contributed by atoms with E-state index in [4.69, 9.17) is 4.74 Å². The van der Waals surface area contributed by atoms with Gasteiger partial charge in [0.05, 0.1) is 7.11 Å². The van der Waals surface area contributed by atoms with Gasteiger partial charge in [-0.15, -0.1) is 0 Å². The van der Waals surface area contributed by atoms with E-state index in [1.54, 1.807) is 36.5 Å². The van der Waals surface area contributed by atoms with Gasteiger partial charge in [-0.1, -0.05) is 18.2 Å². The molecule has 0 atom stereocenters. The Morgan fingerprint density at radius 2 is 2.10 bits per heavy atom. The molecule has 0 bridgehead atoms. The maximum absolute atomic E-state index is 13.4. The number of ether oxygens (including phenoxy) is 1. The number of rotatable bonds is 5. The minimum absolute atomic E-state index is 0.263. The van der Waals surface area contributed by atoms with Gasteiger partial charge in [-0.2, -0.15) is 0 Å². The third kappa shape index (κ3) is 3.32. The van der Waals surface area contributed by atoms with Crippen LogP contribution < -0.4 is 10.1 Å². The van der Waals surface area contributed by atoms with Crippen molar-refractivity contribution >= 4 is 5.91 Å². The SMILES string of the molecule is COc1ncccc1C(=O)NCCc1ccccc1F. The monoisotopic (exact) mass is 274 g/mol. The molecule has 20 heavy (non-hydrogen) atoms. The van der Waals surface area contributed by atoms with Crippen LogP contribution in [0.25, 0.3) is 0 Å². The third-order valence-electron chi connectivity index (χ3n) is 2.85. The number of halogens is 1. The number of hydrogen-bond acceptors (Lipinski definition) is 3. The number of hydrogen-bond donors (Lipinski definition) is 1. The van der Waals surface area contributed by atoms with Crippen LogP contribution in [0.2, 0.25) is 0 Å². The van der Waals surface area contributed by atoms with Crippen molar-refractivity contribution < 1.29 is 13.9 Å². The normalized spacial score (nSPS) is 10.1. The highest BCUT2D eigenvalue weighted by atomic mass is 19.1. The molecule has 0 aliphatic carbocycles. The van der Waals surface area contributed by atoms with Gasteiger partial charge >= 0.3 is 0 Å². The minimum atomic E-state index is -0.286. The zero-order valence-electron chi connectivity index (χ0n) is 11.1. The Labute approximate surface area is 116 Å². The summed E-state index contributed by atoms with van der Waals surface area (Å²) < 4.78 is 18.4. The van der Waals surface area contributed by atoms with Crippen LogP contribution >= 0.6 is 0 Å². The molecule has 1 N–H and O–H groups in total. The second-order valence-corrected chi connectivity index (χ2v) is 4.16. The molecule has 2 aromatic rings. The summed E-state index contributed by atoms with van der Waals surface area (Å²) in [6.45, 7) is 0.345. The van der Waals surface area contributed by atoms with Gasteiger partial charge < -0.3 is 10.1 Å². The maximum atomic E-state index is 13.4. The van der Waals surface area contributed by atoms with Crippen molar-refractivity contribution in [3.8, 4) is 5.88 Å². The summed E-state index contributed by atoms with van der Waals surface area (Å²) in [5, 5.41) is 2.72. The van der Waals surface area contributed by atoms with Crippen molar-refractivity contribution in [2.24, 2.45) is 0 Å². The first kappa shape index (κ1) is 14.0. The predicted molar refractivity (Wildman–Crippen MR) is 73.2 cm³/mol. The smallest absolute Gasteiger partial charge is 0.256 e. The number of pyridine rings is 1. The molecule has 0 unspecified atom stereocenters. The molecule has 104 valence electrons. The Morgan fingerprint density at radius 3 is 2.85 bits per heavy atom.